The molecule has 0 amide bonds. The summed E-state index contributed by atoms with van der Waals surface area (Å²) in [6, 6.07) is 1.71. The third-order valence-electron chi connectivity index (χ3n) is 1.48. The van der Waals surface area contributed by atoms with Gasteiger partial charge in [-0.05, 0) is 12.1 Å². The van der Waals surface area contributed by atoms with Crippen molar-refractivity contribution in [3.05, 3.63) is 28.0 Å². The minimum Gasteiger partial charge on any atom is -0.481 e. The summed E-state index contributed by atoms with van der Waals surface area (Å²) in [4.78, 5) is 21.2. The molecule has 0 aromatic carbocycles. The Kier molecular flexibility index (Phi) is 4.30. The summed E-state index contributed by atoms with van der Waals surface area (Å²) in [5.41, 5.74) is 0.691. The zero-order chi connectivity index (χ0) is 12.0. The van der Waals surface area contributed by atoms with Crippen LogP contribution in [0.1, 0.15) is 16.9 Å². The second-order valence-electron chi connectivity index (χ2n) is 2.78. The van der Waals surface area contributed by atoms with Crippen LogP contribution in [-0.2, 0) is 9.59 Å². The highest BCUT2D eigenvalue weighted by molar-refractivity contribution is 7.11. The van der Waals surface area contributed by atoms with E-state index in [0.29, 0.717) is 5.56 Å². The Morgan fingerprint density at radius 1 is 1.44 bits per heavy atom. The molecule has 0 atom stereocenters. The maximum Gasteiger partial charge on any atom is 0.328 e. The summed E-state index contributed by atoms with van der Waals surface area (Å²) >= 11 is 1.35. The van der Waals surface area contributed by atoms with Gasteiger partial charge in [0.05, 0.1) is 0 Å². The van der Waals surface area contributed by atoms with Crippen molar-refractivity contribution < 1.29 is 19.8 Å². The molecule has 1 rings (SSSR count). The first kappa shape index (κ1) is 12.0. The molecule has 4 nitrogen and oxygen atoms in total. The van der Waals surface area contributed by atoms with Crippen molar-refractivity contribution in [3.8, 4) is 11.8 Å². The zero-order valence-corrected chi connectivity index (χ0v) is 8.95. The van der Waals surface area contributed by atoms with Crippen molar-refractivity contribution in [2.45, 2.75) is 6.42 Å². The van der Waals surface area contributed by atoms with Gasteiger partial charge in [0.25, 0.3) is 0 Å². The third kappa shape index (κ3) is 4.44. The largest absolute Gasteiger partial charge is 0.481 e. The first-order chi connectivity index (χ1) is 7.58. The van der Waals surface area contributed by atoms with E-state index in [1.54, 1.807) is 11.4 Å². The lowest BCUT2D eigenvalue weighted by atomic mass is 10.3. The SMILES string of the molecule is O=C(O)/C=C/c1cc(C#CCC(=O)O)cs1. The quantitative estimate of drug-likeness (QED) is 0.618. The van der Waals surface area contributed by atoms with E-state index in [4.69, 9.17) is 10.2 Å². The Morgan fingerprint density at radius 3 is 2.81 bits per heavy atom. The Hall–Kier alpha value is -2.06. The Bertz CT molecular complexity index is 488. The van der Waals surface area contributed by atoms with Crippen LogP contribution in [0.5, 0.6) is 0 Å². The topological polar surface area (TPSA) is 74.6 Å². The number of rotatable bonds is 3. The summed E-state index contributed by atoms with van der Waals surface area (Å²) in [5, 5.41) is 18.5. The van der Waals surface area contributed by atoms with E-state index in [0.717, 1.165) is 11.0 Å². The van der Waals surface area contributed by atoms with Gasteiger partial charge >= 0.3 is 11.9 Å². The van der Waals surface area contributed by atoms with Gasteiger partial charge in [-0.3, -0.25) is 4.79 Å². The molecule has 0 aliphatic rings. The molecular weight excluding hydrogens is 228 g/mol. The number of thiophene rings is 1. The number of carbonyl (C=O) groups is 2. The van der Waals surface area contributed by atoms with Crippen molar-refractivity contribution in [3.63, 3.8) is 0 Å². The van der Waals surface area contributed by atoms with E-state index < -0.39 is 11.9 Å². The molecule has 0 saturated carbocycles. The molecule has 1 heterocycles. The molecule has 1 aromatic rings. The van der Waals surface area contributed by atoms with Crippen LogP contribution in [-0.4, -0.2) is 22.2 Å². The van der Waals surface area contributed by atoms with Crippen LogP contribution in [0.2, 0.25) is 0 Å². The molecule has 0 aliphatic heterocycles. The normalized spacial score (nSPS) is 9.75. The predicted octanol–water partition coefficient (Wildman–Crippen LogP) is 1.67. The van der Waals surface area contributed by atoms with Crippen molar-refractivity contribution in [1.29, 1.82) is 0 Å². The maximum absolute atomic E-state index is 10.3. The molecule has 82 valence electrons. The fraction of sp³-hybridized carbons (Fsp3) is 0.0909. The van der Waals surface area contributed by atoms with E-state index >= 15 is 0 Å². The molecule has 2 N–H and O–H groups in total. The van der Waals surface area contributed by atoms with E-state index in [-0.39, 0.29) is 6.42 Å². The number of hydrogen-bond donors (Lipinski definition) is 2. The van der Waals surface area contributed by atoms with Gasteiger partial charge in [0.1, 0.15) is 6.42 Å². The highest BCUT2D eigenvalue weighted by atomic mass is 32.1. The van der Waals surface area contributed by atoms with Crippen LogP contribution < -0.4 is 0 Å². The fourth-order valence-corrected chi connectivity index (χ4v) is 1.61. The van der Waals surface area contributed by atoms with Gasteiger partial charge in [0, 0.05) is 21.9 Å². The molecule has 0 spiro atoms. The van der Waals surface area contributed by atoms with Crippen LogP contribution in [0.4, 0.5) is 0 Å². The van der Waals surface area contributed by atoms with Gasteiger partial charge in [-0.25, -0.2) is 4.79 Å². The molecule has 5 heteroatoms. The summed E-state index contributed by atoms with van der Waals surface area (Å²) in [5.74, 6) is 3.21. The van der Waals surface area contributed by atoms with Gasteiger partial charge in [0.2, 0.25) is 0 Å². The number of carboxylic acid groups (broad SMARTS) is 2. The summed E-state index contributed by atoms with van der Waals surface area (Å²) in [7, 11) is 0. The van der Waals surface area contributed by atoms with Crippen LogP contribution in [0.3, 0.4) is 0 Å². The molecule has 0 unspecified atom stereocenters. The molecule has 1 aromatic heterocycles. The van der Waals surface area contributed by atoms with Gasteiger partial charge in [-0.1, -0.05) is 11.8 Å². The Morgan fingerprint density at radius 2 is 2.19 bits per heavy atom. The average molecular weight is 236 g/mol. The van der Waals surface area contributed by atoms with Crippen molar-refractivity contribution in [2.24, 2.45) is 0 Å². The number of aliphatic carboxylic acids is 2. The minimum atomic E-state index is -1.01. The lowest BCUT2D eigenvalue weighted by Gasteiger charge is -1.80. The standard InChI is InChI=1S/C11H8O4S/c12-10(13)3-1-2-8-6-9(16-7-8)4-5-11(14)15/h4-7H,3H2,(H,12,13)(H,14,15)/b5-4+. The summed E-state index contributed by atoms with van der Waals surface area (Å²) < 4.78 is 0. The van der Waals surface area contributed by atoms with Gasteiger partial charge in [-0.15, -0.1) is 11.3 Å². The average Bonchev–Trinajstić information content (AvgIpc) is 2.62. The molecule has 0 aliphatic carbocycles. The van der Waals surface area contributed by atoms with E-state index in [1.165, 1.54) is 17.4 Å². The first-order valence-corrected chi connectivity index (χ1v) is 5.16. The van der Waals surface area contributed by atoms with Gasteiger partial charge < -0.3 is 10.2 Å². The smallest absolute Gasteiger partial charge is 0.328 e. The van der Waals surface area contributed by atoms with E-state index in [9.17, 15) is 9.59 Å². The van der Waals surface area contributed by atoms with E-state index in [2.05, 4.69) is 11.8 Å². The molecule has 0 radical (unpaired) electrons. The Balaban J connectivity index is 2.67. The van der Waals surface area contributed by atoms with Crippen molar-refractivity contribution >= 4 is 29.4 Å². The number of hydrogen-bond acceptors (Lipinski definition) is 3. The lowest BCUT2D eigenvalue weighted by molar-refractivity contribution is -0.136. The van der Waals surface area contributed by atoms with E-state index in [1.807, 2.05) is 0 Å². The van der Waals surface area contributed by atoms with Crippen LogP contribution in [0.25, 0.3) is 6.08 Å². The summed E-state index contributed by atoms with van der Waals surface area (Å²) in [6.45, 7) is 0. The van der Waals surface area contributed by atoms with Crippen LogP contribution in [0, 0.1) is 11.8 Å². The van der Waals surface area contributed by atoms with Gasteiger partial charge in [-0.2, -0.15) is 0 Å². The van der Waals surface area contributed by atoms with Gasteiger partial charge in [0.15, 0.2) is 0 Å². The summed E-state index contributed by atoms with van der Waals surface area (Å²) in [6.07, 6.45) is 2.31. The molecule has 0 bridgehead atoms. The lowest BCUT2D eigenvalue weighted by Crippen LogP contribution is -1.89. The monoisotopic (exact) mass is 236 g/mol. The maximum atomic E-state index is 10.3. The molecule has 0 saturated heterocycles. The fourth-order valence-electron chi connectivity index (χ4n) is 0.881. The second-order valence-corrected chi connectivity index (χ2v) is 3.72. The zero-order valence-electron chi connectivity index (χ0n) is 8.14. The Labute approximate surface area is 95.8 Å². The van der Waals surface area contributed by atoms with Crippen molar-refractivity contribution in [1.82, 2.24) is 0 Å². The highest BCUT2D eigenvalue weighted by Gasteiger charge is 1.95. The second kappa shape index (κ2) is 5.73. The van der Waals surface area contributed by atoms with Crippen LogP contribution in [0.15, 0.2) is 17.5 Å². The third-order valence-corrected chi connectivity index (χ3v) is 2.38. The van der Waals surface area contributed by atoms with Crippen LogP contribution >= 0.6 is 11.3 Å². The first-order valence-electron chi connectivity index (χ1n) is 4.28. The molecule has 0 fully saturated rings. The molecule has 16 heavy (non-hydrogen) atoms. The minimum absolute atomic E-state index is 0.198. The number of carboxylic acids is 2. The highest BCUT2D eigenvalue weighted by Crippen LogP contribution is 2.15. The molecular formula is C11H8O4S. The van der Waals surface area contributed by atoms with Crippen molar-refractivity contribution in [2.75, 3.05) is 0 Å². The predicted molar refractivity (Wildman–Crippen MR) is 60.1 cm³/mol.